The maximum absolute atomic E-state index is 5.68. The Morgan fingerprint density at radius 3 is 3.06 bits per heavy atom. The summed E-state index contributed by atoms with van der Waals surface area (Å²) in [6, 6.07) is 1.65. The maximum Gasteiger partial charge on any atom is 0.218 e. The molecular formula is C12H19N3O2. The predicted molar refractivity (Wildman–Crippen MR) is 64.9 cm³/mol. The van der Waals surface area contributed by atoms with Gasteiger partial charge >= 0.3 is 0 Å². The number of nitrogens with zero attached hydrogens (tertiary/aromatic N) is 2. The van der Waals surface area contributed by atoms with Crippen LogP contribution in [-0.4, -0.2) is 29.3 Å². The Labute approximate surface area is 101 Å². The summed E-state index contributed by atoms with van der Waals surface area (Å²) in [5, 5.41) is 0. The molecule has 2 rings (SSSR count). The van der Waals surface area contributed by atoms with E-state index < -0.39 is 0 Å². The molecule has 1 fully saturated rings. The van der Waals surface area contributed by atoms with Crippen molar-refractivity contribution >= 4 is 5.82 Å². The average molecular weight is 237 g/mol. The molecular weight excluding hydrogens is 218 g/mol. The van der Waals surface area contributed by atoms with Crippen LogP contribution in [0.3, 0.4) is 0 Å². The molecule has 94 valence electrons. The molecule has 1 aliphatic rings. The van der Waals surface area contributed by atoms with E-state index in [-0.39, 0.29) is 6.10 Å². The van der Waals surface area contributed by atoms with Crippen LogP contribution < -0.4 is 10.5 Å². The van der Waals surface area contributed by atoms with Gasteiger partial charge in [0.1, 0.15) is 18.2 Å². The standard InChI is InChI=1S/C12H19N3O2/c1-2-11-14-10(13)7-12(15-11)17-8-9-5-3-4-6-16-9/h7,9H,2-6,8H2,1H3,(H2,13,14,15). The lowest BCUT2D eigenvalue weighted by molar-refractivity contribution is -0.0119. The van der Waals surface area contributed by atoms with Gasteiger partial charge in [-0.05, 0) is 19.3 Å². The first kappa shape index (κ1) is 12.1. The summed E-state index contributed by atoms with van der Waals surface area (Å²) in [5.74, 6) is 1.71. The Bertz CT molecular complexity index is 365. The highest BCUT2D eigenvalue weighted by atomic mass is 16.5. The molecule has 1 saturated heterocycles. The van der Waals surface area contributed by atoms with Crippen molar-refractivity contribution in [2.75, 3.05) is 18.9 Å². The van der Waals surface area contributed by atoms with Gasteiger partial charge in [0.25, 0.3) is 0 Å². The molecule has 0 amide bonds. The highest BCUT2D eigenvalue weighted by molar-refractivity contribution is 5.32. The van der Waals surface area contributed by atoms with Crippen LogP contribution >= 0.6 is 0 Å². The summed E-state index contributed by atoms with van der Waals surface area (Å²) in [7, 11) is 0. The summed E-state index contributed by atoms with van der Waals surface area (Å²) < 4.78 is 11.2. The second-order valence-corrected chi connectivity index (χ2v) is 4.20. The van der Waals surface area contributed by atoms with E-state index in [1.54, 1.807) is 6.07 Å². The number of hydrogen-bond donors (Lipinski definition) is 1. The molecule has 1 atom stereocenters. The normalized spacial score (nSPS) is 20.2. The number of aryl methyl sites for hydroxylation is 1. The summed E-state index contributed by atoms with van der Waals surface area (Å²) in [4.78, 5) is 8.37. The average Bonchev–Trinajstić information content (AvgIpc) is 2.37. The molecule has 0 bridgehead atoms. The molecule has 1 aromatic heterocycles. The number of aromatic nitrogens is 2. The van der Waals surface area contributed by atoms with E-state index in [0.717, 1.165) is 25.9 Å². The van der Waals surface area contributed by atoms with Gasteiger partial charge in [0, 0.05) is 19.1 Å². The topological polar surface area (TPSA) is 70.3 Å². The SMILES string of the molecule is CCc1nc(N)cc(OCC2CCCCO2)n1. The third-order valence-corrected chi connectivity index (χ3v) is 2.78. The summed E-state index contributed by atoms with van der Waals surface area (Å²) >= 11 is 0. The molecule has 5 nitrogen and oxygen atoms in total. The van der Waals surface area contributed by atoms with Gasteiger partial charge in [-0.15, -0.1) is 0 Å². The third kappa shape index (κ3) is 3.56. The van der Waals surface area contributed by atoms with E-state index in [1.807, 2.05) is 6.92 Å². The zero-order chi connectivity index (χ0) is 12.1. The minimum Gasteiger partial charge on any atom is -0.475 e. The van der Waals surface area contributed by atoms with Crippen LogP contribution in [0, 0.1) is 0 Å². The Morgan fingerprint density at radius 1 is 1.47 bits per heavy atom. The van der Waals surface area contributed by atoms with Crippen LogP contribution in [0.2, 0.25) is 0 Å². The van der Waals surface area contributed by atoms with E-state index in [0.29, 0.717) is 24.1 Å². The number of anilines is 1. The first-order chi connectivity index (χ1) is 8.28. The van der Waals surface area contributed by atoms with Gasteiger partial charge in [0.15, 0.2) is 0 Å². The minimum atomic E-state index is 0.185. The van der Waals surface area contributed by atoms with Crippen LogP contribution in [0.1, 0.15) is 32.0 Å². The van der Waals surface area contributed by atoms with Crippen LogP contribution in [0.5, 0.6) is 5.88 Å². The van der Waals surface area contributed by atoms with Crippen molar-refractivity contribution in [3.05, 3.63) is 11.9 Å². The van der Waals surface area contributed by atoms with Gasteiger partial charge in [0.2, 0.25) is 5.88 Å². The Kier molecular flexibility index (Phi) is 4.14. The lowest BCUT2D eigenvalue weighted by atomic mass is 10.1. The zero-order valence-electron chi connectivity index (χ0n) is 10.2. The number of ether oxygens (including phenoxy) is 2. The molecule has 1 aliphatic heterocycles. The van der Waals surface area contributed by atoms with Crippen molar-refractivity contribution in [2.24, 2.45) is 0 Å². The highest BCUT2D eigenvalue weighted by Gasteiger charge is 2.15. The minimum absolute atomic E-state index is 0.185. The molecule has 2 N–H and O–H groups in total. The molecule has 17 heavy (non-hydrogen) atoms. The van der Waals surface area contributed by atoms with E-state index in [4.69, 9.17) is 15.2 Å². The van der Waals surface area contributed by atoms with Crippen LogP contribution in [0.15, 0.2) is 6.07 Å². The second kappa shape index (κ2) is 5.82. The highest BCUT2D eigenvalue weighted by Crippen LogP contribution is 2.16. The molecule has 1 aromatic rings. The Balaban J connectivity index is 1.91. The van der Waals surface area contributed by atoms with Crippen molar-refractivity contribution in [1.82, 2.24) is 9.97 Å². The number of hydrogen-bond acceptors (Lipinski definition) is 5. The molecule has 0 saturated carbocycles. The third-order valence-electron chi connectivity index (χ3n) is 2.78. The van der Waals surface area contributed by atoms with Gasteiger partial charge in [-0.25, -0.2) is 4.98 Å². The van der Waals surface area contributed by atoms with Gasteiger partial charge in [-0.1, -0.05) is 6.92 Å². The zero-order valence-corrected chi connectivity index (χ0v) is 10.2. The van der Waals surface area contributed by atoms with Gasteiger partial charge < -0.3 is 15.2 Å². The lowest BCUT2D eigenvalue weighted by Gasteiger charge is -2.22. The monoisotopic (exact) mass is 237 g/mol. The van der Waals surface area contributed by atoms with E-state index >= 15 is 0 Å². The number of rotatable bonds is 4. The maximum atomic E-state index is 5.68. The van der Waals surface area contributed by atoms with E-state index in [1.165, 1.54) is 6.42 Å². The summed E-state index contributed by atoms with van der Waals surface area (Å²) in [5.41, 5.74) is 5.68. The van der Waals surface area contributed by atoms with Gasteiger partial charge in [0.05, 0.1) is 6.10 Å². The molecule has 0 aromatic carbocycles. The van der Waals surface area contributed by atoms with Crippen LogP contribution in [0.25, 0.3) is 0 Å². The molecule has 0 aliphatic carbocycles. The molecule has 0 radical (unpaired) electrons. The predicted octanol–water partition coefficient (Wildman–Crippen LogP) is 1.57. The quantitative estimate of drug-likeness (QED) is 0.860. The van der Waals surface area contributed by atoms with Gasteiger partial charge in [-0.2, -0.15) is 4.98 Å². The van der Waals surface area contributed by atoms with Crippen molar-refractivity contribution in [2.45, 2.75) is 38.7 Å². The van der Waals surface area contributed by atoms with Crippen molar-refractivity contribution < 1.29 is 9.47 Å². The fraction of sp³-hybridized carbons (Fsp3) is 0.667. The van der Waals surface area contributed by atoms with Gasteiger partial charge in [-0.3, -0.25) is 0 Å². The number of nitrogens with two attached hydrogens (primary N) is 1. The molecule has 0 spiro atoms. The molecule has 1 unspecified atom stereocenters. The fourth-order valence-corrected chi connectivity index (χ4v) is 1.84. The Morgan fingerprint density at radius 2 is 2.35 bits per heavy atom. The van der Waals surface area contributed by atoms with Crippen LogP contribution in [-0.2, 0) is 11.2 Å². The van der Waals surface area contributed by atoms with E-state index in [2.05, 4.69) is 9.97 Å². The van der Waals surface area contributed by atoms with E-state index in [9.17, 15) is 0 Å². The lowest BCUT2D eigenvalue weighted by Crippen LogP contribution is -2.26. The molecule has 2 heterocycles. The summed E-state index contributed by atoms with van der Waals surface area (Å²) in [6.45, 7) is 3.36. The number of nitrogen functional groups attached to an aromatic ring is 1. The fourth-order valence-electron chi connectivity index (χ4n) is 1.84. The van der Waals surface area contributed by atoms with Crippen molar-refractivity contribution in [3.8, 4) is 5.88 Å². The van der Waals surface area contributed by atoms with Crippen molar-refractivity contribution in [3.63, 3.8) is 0 Å². The van der Waals surface area contributed by atoms with Crippen molar-refractivity contribution in [1.29, 1.82) is 0 Å². The summed E-state index contributed by atoms with van der Waals surface area (Å²) in [6.07, 6.45) is 4.35. The Hall–Kier alpha value is -1.36. The second-order valence-electron chi connectivity index (χ2n) is 4.20. The smallest absolute Gasteiger partial charge is 0.218 e. The van der Waals surface area contributed by atoms with Crippen LogP contribution in [0.4, 0.5) is 5.82 Å². The molecule has 5 heteroatoms. The first-order valence-electron chi connectivity index (χ1n) is 6.15. The largest absolute Gasteiger partial charge is 0.475 e. The first-order valence-corrected chi connectivity index (χ1v) is 6.15.